The highest BCUT2D eigenvalue weighted by molar-refractivity contribution is 5.96. The van der Waals surface area contributed by atoms with Crippen molar-refractivity contribution in [3.63, 3.8) is 0 Å². The zero-order valence-corrected chi connectivity index (χ0v) is 13.3. The second-order valence-electron chi connectivity index (χ2n) is 4.90. The van der Waals surface area contributed by atoms with Crippen molar-refractivity contribution in [2.45, 2.75) is 6.54 Å². The Balaban J connectivity index is 2.36. The molecule has 0 unspecified atom stereocenters. The fraction of sp³-hybridized carbons (Fsp3) is 0.267. The van der Waals surface area contributed by atoms with E-state index in [1.54, 1.807) is 24.3 Å². The van der Waals surface area contributed by atoms with Crippen LogP contribution >= 0.6 is 0 Å². The SMILES string of the molecule is NC(=O)CNC(=O)c1ccc(CNC(=O)CNC(=O)CNC=O)cc1. The Kier molecular flexibility index (Phi) is 8.13. The summed E-state index contributed by atoms with van der Waals surface area (Å²) in [7, 11) is 0. The minimum atomic E-state index is -0.637. The normalized spacial score (nSPS) is 9.60. The maximum atomic E-state index is 11.7. The highest BCUT2D eigenvalue weighted by Gasteiger charge is 2.07. The van der Waals surface area contributed by atoms with Gasteiger partial charge in [0, 0.05) is 12.1 Å². The molecule has 0 saturated heterocycles. The average Bonchev–Trinajstić information content (AvgIpc) is 2.61. The van der Waals surface area contributed by atoms with Gasteiger partial charge in [0.25, 0.3) is 5.91 Å². The van der Waals surface area contributed by atoms with Crippen molar-refractivity contribution < 1.29 is 24.0 Å². The van der Waals surface area contributed by atoms with E-state index in [-0.39, 0.29) is 26.2 Å². The van der Waals surface area contributed by atoms with E-state index < -0.39 is 23.6 Å². The molecule has 5 amide bonds. The molecule has 0 bridgehead atoms. The summed E-state index contributed by atoms with van der Waals surface area (Å²) in [6.45, 7) is -0.446. The van der Waals surface area contributed by atoms with Crippen molar-refractivity contribution in [1.82, 2.24) is 21.3 Å². The summed E-state index contributed by atoms with van der Waals surface area (Å²) in [5.41, 5.74) is 6.04. The van der Waals surface area contributed by atoms with Gasteiger partial charge in [0.05, 0.1) is 19.6 Å². The van der Waals surface area contributed by atoms with E-state index in [9.17, 15) is 24.0 Å². The number of benzene rings is 1. The summed E-state index contributed by atoms with van der Waals surface area (Å²) in [5.74, 6) is -1.95. The third kappa shape index (κ3) is 8.11. The number of carbonyl (C=O) groups is 5. The number of nitrogens with two attached hydrogens (primary N) is 1. The number of rotatable bonds is 10. The van der Waals surface area contributed by atoms with E-state index in [0.29, 0.717) is 12.0 Å². The van der Waals surface area contributed by atoms with E-state index in [1.165, 1.54) is 0 Å². The number of hydrogen-bond donors (Lipinski definition) is 5. The molecule has 0 fully saturated rings. The van der Waals surface area contributed by atoms with Crippen LogP contribution in [0.5, 0.6) is 0 Å². The van der Waals surface area contributed by atoms with Gasteiger partial charge in [-0.25, -0.2) is 0 Å². The van der Waals surface area contributed by atoms with Gasteiger partial charge in [0.15, 0.2) is 0 Å². The molecular formula is C15H19N5O5. The Labute approximate surface area is 143 Å². The van der Waals surface area contributed by atoms with Crippen molar-refractivity contribution >= 4 is 30.0 Å². The van der Waals surface area contributed by atoms with Crippen molar-refractivity contribution in [1.29, 1.82) is 0 Å². The van der Waals surface area contributed by atoms with Crippen LogP contribution in [0, 0.1) is 0 Å². The summed E-state index contributed by atoms with van der Waals surface area (Å²) in [4.78, 5) is 55.1. The summed E-state index contributed by atoms with van der Waals surface area (Å²) < 4.78 is 0. The van der Waals surface area contributed by atoms with Crippen LogP contribution in [0.25, 0.3) is 0 Å². The fourth-order valence-corrected chi connectivity index (χ4v) is 1.68. The van der Waals surface area contributed by atoms with Gasteiger partial charge in [-0.15, -0.1) is 0 Å². The van der Waals surface area contributed by atoms with Crippen LogP contribution in [0.4, 0.5) is 0 Å². The lowest BCUT2D eigenvalue weighted by Crippen LogP contribution is -2.40. The molecule has 1 aromatic rings. The molecular weight excluding hydrogens is 330 g/mol. The van der Waals surface area contributed by atoms with Crippen LogP contribution in [-0.4, -0.2) is 49.7 Å². The molecule has 0 aliphatic rings. The summed E-state index contributed by atoms with van der Waals surface area (Å²) in [6, 6.07) is 6.38. The van der Waals surface area contributed by atoms with E-state index in [2.05, 4.69) is 21.3 Å². The number of amides is 5. The third-order valence-corrected chi connectivity index (χ3v) is 2.92. The number of carbonyl (C=O) groups excluding carboxylic acids is 5. The van der Waals surface area contributed by atoms with Gasteiger partial charge < -0.3 is 27.0 Å². The predicted molar refractivity (Wildman–Crippen MR) is 86.9 cm³/mol. The van der Waals surface area contributed by atoms with Crippen LogP contribution in [-0.2, 0) is 25.7 Å². The molecule has 10 nitrogen and oxygen atoms in total. The van der Waals surface area contributed by atoms with Crippen molar-refractivity contribution in [3.8, 4) is 0 Å². The Hall–Kier alpha value is -3.43. The largest absolute Gasteiger partial charge is 0.368 e. The molecule has 0 atom stereocenters. The standard InChI is InChI=1S/C15H19N5O5/c16-12(22)6-20-15(25)11-3-1-10(2-4-11)5-18-14(24)8-19-13(23)7-17-9-21/h1-4,9H,5-8H2,(H2,16,22)(H,17,21)(H,18,24)(H,19,23)(H,20,25). The summed E-state index contributed by atoms with van der Waals surface area (Å²) >= 11 is 0. The molecule has 0 aliphatic carbocycles. The zero-order chi connectivity index (χ0) is 18.7. The Morgan fingerprint density at radius 2 is 1.52 bits per heavy atom. The third-order valence-electron chi connectivity index (χ3n) is 2.92. The molecule has 6 N–H and O–H groups in total. The lowest BCUT2D eigenvalue weighted by Gasteiger charge is -2.08. The highest BCUT2D eigenvalue weighted by Crippen LogP contribution is 2.04. The molecule has 134 valence electrons. The van der Waals surface area contributed by atoms with E-state index in [4.69, 9.17) is 5.73 Å². The molecule has 0 aliphatic heterocycles. The molecule has 25 heavy (non-hydrogen) atoms. The molecule has 0 heterocycles. The maximum Gasteiger partial charge on any atom is 0.251 e. The number of primary amides is 1. The van der Waals surface area contributed by atoms with Crippen LogP contribution in [0.3, 0.4) is 0 Å². The number of hydrogen-bond acceptors (Lipinski definition) is 5. The van der Waals surface area contributed by atoms with Crippen LogP contribution in [0.1, 0.15) is 15.9 Å². The average molecular weight is 349 g/mol. The van der Waals surface area contributed by atoms with Gasteiger partial charge >= 0.3 is 0 Å². The monoisotopic (exact) mass is 349 g/mol. The maximum absolute atomic E-state index is 11.7. The Morgan fingerprint density at radius 3 is 2.12 bits per heavy atom. The first-order chi connectivity index (χ1) is 11.9. The molecule has 1 rings (SSSR count). The van der Waals surface area contributed by atoms with Gasteiger partial charge in [-0.05, 0) is 17.7 Å². The summed E-state index contributed by atoms with van der Waals surface area (Å²) in [6.07, 6.45) is 0.386. The molecule has 0 saturated carbocycles. The van der Waals surface area contributed by atoms with Crippen molar-refractivity contribution in [3.05, 3.63) is 35.4 Å². The minimum Gasteiger partial charge on any atom is -0.368 e. The van der Waals surface area contributed by atoms with Gasteiger partial charge in [0.2, 0.25) is 24.1 Å². The van der Waals surface area contributed by atoms with Gasteiger partial charge in [-0.3, -0.25) is 24.0 Å². The zero-order valence-electron chi connectivity index (χ0n) is 13.3. The molecule has 0 radical (unpaired) electrons. The molecule has 1 aromatic carbocycles. The fourth-order valence-electron chi connectivity index (χ4n) is 1.68. The first-order valence-electron chi connectivity index (χ1n) is 7.28. The highest BCUT2D eigenvalue weighted by atomic mass is 16.2. The van der Waals surface area contributed by atoms with Crippen LogP contribution in [0.15, 0.2) is 24.3 Å². The topological polar surface area (TPSA) is 159 Å². The second kappa shape index (κ2) is 10.4. The quantitative estimate of drug-likeness (QED) is 0.292. The first-order valence-corrected chi connectivity index (χ1v) is 7.28. The van der Waals surface area contributed by atoms with Crippen molar-refractivity contribution in [2.24, 2.45) is 5.73 Å². The molecule has 0 spiro atoms. The smallest absolute Gasteiger partial charge is 0.251 e. The molecule has 10 heteroatoms. The predicted octanol–water partition coefficient (Wildman–Crippen LogP) is -2.62. The van der Waals surface area contributed by atoms with Gasteiger partial charge in [0.1, 0.15) is 0 Å². The van der Waals surface area contributed by atoms with Crippen molar-refractivity contribution in [2.75, 3.05) is 19.6 Å². The Bertz CT molecular complexity index is 644. The van der Waals surface area contributed by atoms with Crippen LogP contribution in [0.2, 0.25) is 0 Å². The van der Waals surface area contributed by atoms with E-state index >= 15 is 0 Å². The first kappa shape index (κ1) is 19.6. The second-order valence-corrected chi connectivity index (χ2v) is 4.90. The van der Waals surface area contributed by atoms with Gasteiger partial charge in [-0.1, -0.05) is 12.1 Å². The Morgan fingerprint density at radius 1 is 0.880 bits per heavy atom. The van der Waals surface area contributed by atoms with E-state index in [0.717, 1.165) is 5.56 Å². The minimum absolute atomic E-state index is 0.198. The van der Waals surface area contributed by atoms with E-state index in [1.807, 2.05) is 0 Å². The van der Waals surface area contributed by atoms with Gasteiger partial charge in [-0.2, -0.15) is 0 Å². The number of nitrogens with one attached hydrogen (secondary N) is 4. The van der Waals surface area contributed by atoms with Crippen LogP contribution < -0.4 is 27.0 Å². The lowest BCUT2D eigenvalue weighted by atomic mass is 10.1. The lowest BCUT2D eigenvalue weighted by molar-refractivity contribution is -0.126. The summed E-state index contributed by atoms with van der Waals surface area (Å²) in [5, 5.41) is 9.47. The molecule has 0 aromatic heterocycles.